The van der Waals surface area contributed by atoms with Gasteiger partial charge in [0.2, 0.25) is 5.56 Å². The van der Waals surface area contributed by atoms with Crippen molar-refractivity contribution in [3.63, 3.8) is 0 Å². The van der Waals surface area contributed by atoms with Crippen molar-refractivity contribution in [3.8, 4) is 0 Å². The summed E-state index contributed by atoms with van der Waals surface area (Å²) in [7, 11) is 0. The number of benzene rings is 1. The second-order valence-electron chi connectivity index (χ2n) is 6.18. The quantitative estimate of drug-likeness (QED) is 0.609. The third-order valence-corrected chi connectivity index (χ3v) is 4.47. The van der Waals surface area contributed by atoms with Gasteiger partial charge in [-0.2, -0.15) is 0 Å². The van der Waals surface area contributed by atoms with Gasteiger partial charge in [-0.25, -0.2) is 0 Å². The number of carbonyl (C=O) groups excluding carboxylic acids is 1. The fraction of sp³-hybridized carbons (Fsp3) is 0.412. The molecule has 1 aromatic heterocycles. The van der Waals surface area contributed by atoms with Crippen LogP contribution in [-0.2, 0) is 0 Å². The van der Waals surface area contributed by atoms with Crippen LogP contribution >= 0.6 is 12.4 Å². The highest BCUT2D eigenvalue weighted by Gasteiger charge is 2.28. The van der Waals surface area contributed by atoms with Crippen molar-refractivity contribution in [2.24, 2.45) is 0 Å². The smallest absolute Gasteiger partial charge is 0.270 e. The van der Waals surface area contributed by atoms with Crippen molar-refractivity contribution < 1.29 is 9.72 Å². The Morgan fingerprint density at radius 3 is 2.77 bits per heavy atom. The first-order valence-corrected chi connectivity index (χ1v) is 8.34. The van der Waals surface area contributed by atoms with Gasteiger partial charge in [0.25, 0.3) is 11.6 Å². The van der Waals surface area contributed by atoms with E-state index < -0.39 is 10.5 Å². The summed E-state index contributed by atoms with van der Waals surface area (Å²) in [5.41, 5.74) is 0.120. The summed E-state index contributed by atoms with van der Waals surface area (Å²) in [5.74, 6) is -0.257. The second kappa shape index (κ2) is 8.29. The van der Waals surface area contributed by atoms with Crippen molar-refractivity contribution in [2.45, 2.75) is 25.8 Å². The Balaban J connectivity index is 0.00000243. The zero-order valence-corrected chi connectivity index (χ0v) is 15.2. The molecule has 2 aromatic rings. The summed E-state index contributed by atoms with van der Waals surface area (Å²) < 4.78 is 0. The fourth-order valence-corrected chi connectivity index (χ4v) is 3.28. The van der Waals surface area contributed by atoms with E-state index in [4.69, 9.17) is 0 Å². The molecule has 2 N–H and O–H groups in total. The van der Waals surface area contributed by atoms with Crippen LogP contribution in [0.4, 0.5) is 5.69 Å². The first-order valence-electron chi connectivity index (χ1n) is 8.34. The molecule has 0 spiro atoms. The number of nitrogens with one attached hydrogen (secondary N) is 2. The molecule has 1 aliphatic heterocycles. The van der Waals surface area contributed by atoms with E-state index in [1.165, 1.54) is 24.3 Å². The minimum Gasteiger partial charge on any atom is -0.334 e. The van der Waals surface area contributed by atoms with Crippen LogP contribution in [0.3, 0.4) is 0 Å². The van der Waals surface area contributed by atoms with Crippen molar-refractivity contribution in [1.29, 1.82) is 0 Å². The lowest BCUT2D eigenvalue weighted by molar-refractivity contribution is -0.384. The van der Waals surface area contributed by atoms with E-state index in [0.29, 0.717) is 24.0 Å². The minimum atomic E-state index is -0.510. The van der Waals surface area contributed by atoms with Gasteiger partial charge in [0.1, 0.15) is 0 Å². The molecule has 0 aliphatic carbocycles. The molecule has 1 unspecified atom stereocenters. The van der Waals surface area contributed by atoms with Crippen LogP contribution in [0.15, 0.2) is 29.1 Å². The number of aromatic nitrogens is 1. The number of halogens is 1. The van der Waals surface area contributed by atoms with Gasteiger partial charge < -0.3 is 15.2 Å². The highest BCUT2D eigenvalue weighted by atomic mass is 35.5. The maximum atomic E-state index is 13.1. The van der Waals surface area contributed by atoms with Gasteiger partial charge in [-0.05, 0) is 25.5 Å². The predicted octanol–water partition coefficient (Wildman–Crippen LogP) is 2.07. The average Bonchev–Trinajstić information content (AvgIpc) is 3.12. The number of nitro benzene ring substituents is 1. The molecule has 1 saturated heterocycles. The Labute approximate surface area is 156 Å². The number of amides is 1. The predicted molar refractivity (Wildman–Crippen MR) is 101 cm³/mol. The molecule has 3 rings (SSSR count). The van der Waals surface area contributed by atoms with Gasteiger partial charge in [0.15, 0.2) is 0 Å². The average molecular weight is 381 g/mol. The lowest BCUT2D eigenvalue weighted by Gasteiger charge is -2.28. The van der Waals surface area contributed by atoms with Crippen LogP contribution in [0, 0.1) is 10.1 Å². The largest absolute Gasteiger partial charge is 0.334 e. The van der Waals surface area contributed by atoms with E-state index in [-0.39, 0.29) is 35.6 Å². The van der Waals surface area contributed by atoms with E-state index in [0.717, 1.165) is 19.4 Å². The van der Waals surface area contributed by atoms with E-state index in [1.807, 2.05) is 6.92 Å². The van der Waals surface area contributed by atoms with Gasteiger partial charge >= 0.3 is 0 Å². The molecule has 26 heavy (non-hydrogen) atoms. The van der Waals surface area contributed by atoms with Gasteiger partial charge in [0, 0.05) is 48.2 Å². The number of pyridine rings is 1. The number of rotatable bonds is 5. The monoisotopic (exact) mass is 380 g/mol. The number of hydrogen-bond acceptors (Lipinski definition) is 5. The van der Waals surface area contributed by atoms with Crippen LogP contribution in [-0.4, -0.2) is 46.4 Å². The molecule has 1 aliphatic rings. The molecule has 1 atom stereocenters. The summed E-state index contributed by atoms with van der Waals surface area (Å²) in [6.07, 6.45) is 1.65. The number of H-pyrrole nitrogens is 1. The molecule has 1 amide bonds. The van der Waals surface area contributed by atoms with Crippen molar-refractivity contribution in [1.82, 2.24) is 15.2 Å². The van der Waals surface area contributed by atoms with Crippen molar-refractivity contribution >= 4 is 34.9 Å². The van der Waals surface area contributed by atoms with Crippen molar-refractivity contribution in [2.75, 3.05) is 19.6 Å². The van der Waals surface area contributed by atoms with Gasteiger partial charge in [-0.1, -0.05) is 6.92 Å². The number of nitro groups is 1. The minimum absolute atomic E-state index is 0. The van der Waals surface area contributed by atoms with Gasteiger partial charge in [0.05, 0.1) is 10.5 Å². The summed E-state index contributed by atoms with van der Waals surface area (Å²) in [6, 6.07) is 5.43. The molecular weight excluding hydrogens is 360 g/mol. The fourth-order valence-electron chi connectivity index (χ4n) is 3.28. The maximum absolute atomic E-state index is 13.1. The van der Waals surface area contributed by atoms with Crippen LogP contribution < -0.4 is 10.9 Å². The van der Waals surface area contributed by atoms with Crippen LogP contribution in [0.2, 0.25) is 0 Å². The lowest BCUT2D eigenvalue weighted by Crippen LogP contribution is -2.42. The Bertz CT molecular complexity index is 877. The number of hydrogen-bond donors (Lipinski definition) is 2. The SMILES string of the molecule is CCCN(C(=O)c1cc(=O)[nH]c2ccc([N+](=O)[O-])cc12)C1CCNC1.Cl. The summed E-state index contributed by atoms with van der Waals surface area (Å²) in [5, 5.41) is 14.7. The molecule has 9 heteroatoms. The molecule has 1 aromatic carbocycles. The first kappa shape index (κ1) is 19.9. The highest BCUT2D eigenvalue weighted by Crippen LogP contribution is 2.24. The van der Waals surface area contributed by atoms with E-state index >= 15 is 0 Å². The molecule has 0 bridgehead atoms. The van der Waals surface area contributed by atoms with E-state index in [2.05, 4.69) is 10.3 Å². The van der Waals surface area contributed by atoms with E-state index in [1.54, 1.807) is 4.90 Å². The van der Waals surface area contributed by atoms with E-state index in [9.17, 15) is 19.7 Å². The molecule has 8 nitrogen and oxygen atoms in total. The Hall–Kier alpha value is -2.45. The Morgan fingerprint density at radius 2 is 2.15 bits per heavy atom. The molecule has 0 saturated carbocycles. The maximum Gasteiger partial charge on any atom is 0.270 e. The topological polar surface area (TPSA) is 108 Å². The highest BCUT2D eigenvalue weighted by molar-refractivity contribution is 6.06. The second-order valence-corrected chi connectivity index (χ2v) is 6.18. The Morgan fingerprint density at radius 1 is 1.38 bits per heavy atom. The standard InChI is InChI=1S/C17H20N4O4.ClH/c1-2-7-20(12-5-6-18-10-12)17(23)14-9-16(22)19-15-4-3-11(21(24)25)8-13(14)15;/h3-4,8-9,12,18H,2,5-7,10H2,1H3,(H,19,22);1H. The summed E-state index contributed by atoms with van der Waals surface area (Å²) in [6.45, 7) is 4.13. The van der Waals surface area contributed by atoms with Crippen molar-refractivity contribution in [3.05, 3.63) is 50.3 Å². The number of aromatic amines is 1. The molecule has 1 fully saturated rings. The summed E-state index contributed by atoms with van der Waals surface area (Å²) >= 11 is 0. The molecule has 2 heterocycles. The van der Waals surface area contributed by atoms with Crippen LogP contribution in [0.5, 0.6) is 0 Å². The first-order chi connectivity index (χ1) is 12.0. The zero-order chi connectivity index (χ0) is 18.0. The normalized spacial score (nSPS) is 16.3. The third kappa shape index (κ3) is 3.86. The molecule has 140 valence electrons. The Kier molecular flexibility index (Phi) is 6.33. The zero-order valence-electron chi connectivity index (χ0n) is 14.4. The van der Waals surface area contributed by atoms with Gasteiger partial charge in [-0.15, -0.1) is 12.4 Å². The number of carbonyl (C=O) groups is 1. The molecular formula is C17H21ClN4O4. The number of fused-ring (bicyclic) bond motifs is 1. The van der Waals surface area contributed by atoms with Gasteiger partial charge in [-0.3, -0.25) is 19.7 Å². The third-order valence-electron chi connectivity index (χ3n) is 4.47. The van der Waals surface area contributed by atoms with Crippen LogP contribution in [0.25, 0.3) is 10.9 Å². The number of nitrogens with zero attached hydrogens (tertiary/aromatic N) is 2. The molecule has 0 radical (unpaired) electrons. The summed E-state index contributed by atoms with van der Waals surface area (Å²) in [4.78, 5) is 40.1. The number of non-ortho nitro benzene ring substituents is 1. The lowest BCUT2D eigenvalue weighted by atomic mass is 10.1. The van der Waals surface area contributed by atoms with Crippen LogP contribution in [0.1, 0.15) is 30.1 Å².